The maximum absolute atomic E-state index is 12.1. The topological polar surface area (TPSA) is 108 Å². The van der Waals surface area contributed by atoms with Crippen LogP contribution < -0.4 is 10.6 Å². The monoisotopic (exact) mass is 386 g/mol. The summed E-state index contributed by atoms with van der Waals surface area (Å²) in [5.74, 6) is -0.666. The lowest BCUT2D eigenvalue weighted by atomic mass is 10.2. The molecule has 0 spiro atoms. The number of benzene rings is 2. The highest BCUT2D eigenvalue weighted by Crippen LogP contribution is 2.18. The molecule has 2 aromatic rings. The second kappa shape index (κ2) is 7.89. The van der Waals surface area contributed by atoms with Crippen molar-refractivity contribution in [3.63, 3.8) is 0 Å². The Morgan fingerprint density at radius 3 is 2.58 bits per heavy atom. The molecular formula is C16H11BrN4O3. The number of hydrogen-bond acceptors (Lipinski definition) is 5. The van der Waals surface area contributed by atoms with E-state index in [9.17, 15) is 14.9 Å². The van der Waals surface area contributed by atoms with Crippen LogP contribution in [-0.4, -0.2) is 10.8 Å². The van der Waals surface area contributed by atoms with Gasteiger partial charge in [0, 0.05) is 34.2 Å². The number of nitrogens with one attached hydrogen (secondary N) is 2. The van der Waals surface area contributed by atoms with Crippen LogP contribution in [0.3, 0.4) is 0 Å². The number of hydrogen-bond donors (Lipinski definition) is 2. The maximum Gasteiger partial charge on any atom is 0.271 e. The largest absolute Gasteiger partial charge is 0.360 e. The molecule has 0 saturated carbocycles. The lowest BCUT2D eigenvalue weighted by Crippen LogP contribution is -2.14. The molecule has 0 saturated heterocycles. The Balaban J connectivity index is 2.11. The van der Waals surface area contributed by atoms with Crippen molar-refractivity contribution in [2.45, 2.75) is 0 Å². The Hall–Kier alpha value is -3.18. The number of amides is 1. The second-order valence-electron chi connectivity index (χ2n) is 4.59. The maximum atomic E-state index is 12.1. The Morgan fingerprint density at radius 1 is 1.21 bits per heavy atom. The van der Waals surface area contributed by atoms with Gasteiger partial charge in [0.2, 0.25) is 0 Å². The molecule has 2 aromatic carbocycles. The van der Waals surface area contributed by atoms with Crippen molar-refractivity contribution < 1.29 is 9.72 Å². The molecule has 0 aromatic heterocycles. The zero-order valence-corrected chi connectivity index (χ0v) is 13.8. The number of non-ortho nitro benzene ring substituents is 1. The van der Waals surface area contributed by atoms with Crippen LogP contribution in [0.15, 0.2) is 64.8 Å². The van der Waals surface area contributed by atoms with Gasteiger partial charge in [0.1, 0.15) is 11.6 Å². The molecule has 0 aliphatic carbocycles. The highest BCUT2D eigenvalue weighted by atomic mass is 79.9. The summed E-state index contributed by atoms with van der Waals surface area (Å²) in [4.78, 5) is 22.3. The van der Waals surface area contributed by atoms with Gasteiger partial charge < -0.3 is 10.6 Å². The molecule has 24 heavy (non-hydrogen) atoms. The molecule has 2 N–H and O–H groups in total. The summed E-state index contributed by atoms with van der Waals surface area (Å²) in [7, 11) is 0. The van der Waals surface area contributed by atoms with Gasteiger partial charge in [-0.15, -0.1) is 0 Å². The average molecular weight is 387 g/mol. The Kier molecular flexibility index (Phi) is 5.65. The van der Waals surface area contributed by atoms with E-state index in [1.807, 2.05) is 6.07 Å². The van der Waals surface area contributed by atoms with E-state index in [1.165, 1.54) is 30.5 Å². The normalized spacial score (nSPS) is 10.6. The van der Waals surface area contributed by atoms with Gasteiger partial charge in [-0.2, -0.15) is 5.26 Å². The summed E-state index contributed by atoms with van der Waals surface area (Å²) in [5.41, 5.74) is 0.613. The van der Waals surface area contributed by atoms with Gasteiger partial charge >= 0.3 is 0 Å². The number of rotatable bonds is 5. The number of nitro benzene ring substituents is 1. The van der Waals surface area contributed by atoms with Crippen LogP contribution in [0, 0.1) is 21.4 Å². The molecule has 0 bridgehead atoms. The summed E-state index contributed by atoms with van der Waals surface area (Å²) in [6.07, 6.45) is 1.27. The van der Waals surface area contributed by atoms with E-state index in [0.29, 0.717) is 5.69 Å². The lowest BCUT2D eigenvalue weighted by molar-refractivity contribution is -0.384. The van der Waals surface area contributed by atoms with E-state index in [0.717, 1.165) is 4.47 Å². The van der Waals surface area contributed by atoms with E-state index in [2.05, 4.69) is 26.6 Å². The Labute approximate surface area is 145 Å². The van der Waals surface area contributed by atoms with Gasteiger partial charge in [0.05, 0.1) is 4.92 Å². The lowest BCUT2D eigenvalue weighted by Gasteiger charge is -2.05. The van der Waals surface area contributed by atoms with Gasteiger partial charge in [0.25, 0.3) is 11.6 Å². The summed E-state index contributed by atoms with van der Waals surface area (Å²) in [6, 6.07) is 14.5. The molecule has 1 amide bonds. The second-order valence-corrected chi connectivity index (χ2v) is 5.50. The van der Waals surface area contributed by atoms with Crippen LogP contribution in [0.25, 0.3) is 0 Å². The Morgan fingerprint density at radius 2 is 1.92 bits per heavy atom. The molecule has 0 unspecified atom stereocenters. The van der Waals surface area contributed by atoms with Crippen LogP contribution in [-0.2, 0) is 4.79 Å². The van der Waals surface area contributed by atoms with Crippen LogP contribution in [0.5, 0.6) is 0 Å². The molecule has 8 heteroatoms. The third kappa shape index (κ3) is 4.66. The Bertz CT molecular complexity index is 858. The van der Waals surface area contributed by atoms with Crippen molar-refractivity contribution in [3.05, 3.63) is 74.9 Å². The van der Waals surface area contributed by atoms with Crippen molar-refractivity contribution in [2.24, 2.45) is 0 Å². The average Bonchev–Trinajstić information content (AvgIpc) is 2.55. The number of nitriles is 1. The van der Waals surface area contributed by atoms with Crippen molar-refractivity contribution in [1.82, 2.24) is 0 Å². The number of carbonyl (C=O) groups excluding carboxylic acids is 1. The van der Waals surface area contributed by atoms with Crippen LogP contribution in [0.2, 0.25) is 0 Å². The van der Waals surface area contributed by atoms with Gasteiger partial charge in [-0.05, 0) is 24.3 Å². The van der Waals surface area contributed by atoms with E-state index < -0.39 is 10.8 Å². The molecule has 0 heterocycles. The van der Waals surface area contributed by atoms with Crippen molar-refractivity contribution in [2.75, 3.05) is 10.6 Å². The molecule has 7 nitrogen and oxygen atoms in total. The predicted molar refractivity (Wildman–Crippen MR) is 93.2 cm³/mol. The fourth-order valence-corrected chi connectivity index (χ4v) is 2.18. The molecule has 0 atom stereocenters. The van der Waals surface area contributed by atoms with Gasteiger partial charge in [0.15, 0.2) is 0 Å². The molecule has 2 rings (SSSR count). The highest BCUT2D eigenvalue weighted by Gasteiger charge is 2.12. The molecule has 0 radical (unpaired) electrons. The smallest absolute Gasteiger partial charge is 0.271 e. The first-order chi connectivity index (χ1) is 11.5. The third-order valence-electron chi connectivity index (χ3n) is 2.89. The fourth-order valence-electron chi connectivity index (χ4n) is 1.78. The fraction of sp³-hybridized carbons (Fsp3) is 0. The first-order valence-electron chi connectivity index (χ1n) is 6.68. The van der Waals surface area contributed by atoms with E-state index in [1.54, 1.807) is 24.3 Å². The quantitative estimate of drug-likeness (QED) is 0.351. The van der Waals surface area contributed by atoms with E-state index in [4.69, 9.17) is 5.26 Å². The summed E-state index contributed by atoms with van der Waals surface area (Å²) >= 11 is 3.32. The zero-order chi connectivity index (χ0) is 17.5. The minimum absolute atomic E-state index is 0.150. The van der Waals surface area contributed by atoms with Gasteiger partial charge in [-0.3, -0.25) is 14.9 Å². The SMILES string of the molecule is N#C/C(=C/Nc1cccc(Br)c1)C(=O)Nc1cccc([N+](=O)[O-])c1. The van der Waals surface area contributed by atoms with Crippen LogP contribution >= 0.6 is 15.9 Å². The highest BCUT2D eigenvalue weighted by molar-refractivity contribution is 9.10. The molecule has 0 fully saturated rings. The number of halogens is 1. The van der Waals surface area contributed by atoms with E-state index >= 15 is 0 Å². The molecule has 0 aliphatic rings. The van der Waals surface area contributed by atoms with Crippen molar-refractivity contribution in [3.8, 4) is 6.07 Å². The molecule has 0 aliphatic heterocycles. The standard InChI is InChI=1S/C16H11BrN4O3/c17-12-3-1-4-13(7-12)19-10-11(9-18)16(22)20-14-5-2-6-15(8-14)21(23)24/h1-8,10,19H,(H,20,22)/b11-10-. The van der Waals surface area contributed by atoms with Crippen LogP contribution in [0.1, 0.15) is 0 Å². The summed E-state index contributed by atoms with van der Waals surface area (Å²) in [5, 5.41) is 25.1. The van der Waals surface area contributed by atoms with Crippen molar-refractivity contribution >= 4 is 38.9 Å². The molecular weight excluding hydrogens is 376 g/mol. The minimum atomic E-state index is -0.666. The third-order valence-corrected chi connectivity index (χ3v) is 3.38. The first kappa shape index (κ1) is 17.2. The first-order valence-corrected chi connectivity index (χ1v) is 7.47. The predicted octanol–water partition coefficient (Wildman–Crippen LogP) is 3.82. The van der Waals surface area contributed by atoms with Crippen molar-refractivity contribution in [1.29, 1.82) is 5.26 Å². The van der Waals surface area contributed by atoms with E-state index in [-0.39, 0.29) is 16.9 Å². The minimum Gasteiger partial charge on any atom is -0.360 e. The molecule has 120 valence electrons. The van der Waals surface area contributed by atoms with Gasteiger partial charge in [-0.25, -0.2) is 0 Å². The summed E-state index contributed by atoms with van der Waals surface area (Å²) in [6.45, 7) is 0. The zero-order valence-electron chi connectivity index (χ0n) is 12.2. The summed E-state index contributed by atoms with van der Waals surface area (Å²) < 4.78 is 0.848. The number of anilines is 2. The number of carbonyl (C=O) groups is 1. The van der Waals surface area contributed by atoms with Crippen LogP contribution in [0.4, 0.5) is 17.1 Å². The number of nitro groups is 1. The number of nitrogens with zero attached hydrogens (tertiary/aromatic N) is 2. The van der Waals surface area contributed by atoms with Gasteiger partial charge in [-0.1, -0.05) is 28.1 Å².